The predicted octanol–water partition coefficient (Wildman–Crippen LogP) is 6.74. The summed E-state index contributed by atoms with van der Waals surface area (Å²) in [6, 6.07) is 2.08. The van der Waals surface area contributed by atoms with Gasteiger partial charge in [-0.15, -0.1) is 0 Å². The summed E-state index contributed by atoms with van der Waals surface area (Å²) in [6.07, 6.45) is 8.39. The first kappa shape index (κ1) is 25.8. The van der Waals surface area contributed by atoms with Crippen LogP contribution < -0.4 is 20.9 Å². The molecule has 4 rings (SSSR count). The smallest absolute Gasteiger partial charge is 0.225 e. The number of halogens is 4. The summed E-state index contributed by atoms with van der Waals surface area (Å²) in [4.78, 5) is 11.8. The third-order valence-corrected chi connectivity index (χ3v) is 8.13. The molecule has 2 aromatic rings. The first-order chi connectivity index (χ1) is 16.2. The standard InChI is InChI=1S/C23H28Cl4N6S/c1-33(2)21-14-5-3-4-6-17(14)30-22(32-21)28-12-7-9-13(10-8-12)29-23(34)31-20-18(26)15(24)11-16(25)19(20)27/h11-13H,3-10H2,1-2H3,(H,28,30,32)(H2,29,31,34)/t12-,13+. The maximum atomic E-state index is 6.28. The molecule has 1 aromatic heterocycles. The Kier molecular flexibility index (Phi) is 8.52. The molecule has 0 atom stereocenters. The molecule has 11 heteroatoms. The Balaban J connectivity index is 1.33. The fourth-order valence-corrected chi connectivity index (χ4v) is 5.76. The zero-order valence-electron chi connectivity index (χ0n) is 19.2. The SMILES string of the molecule is CN(C)c1nc(N[C@H]2CC[C@@H](NC(=S)Nc3c(Cl)c(Cl)cc(Cl)c3Cl)CC2)nc2c1CCCC2. The normalized spacial score (nSPS) is 19.8. The minimum atomic E-state index is 0.243. The second-order valence-electron chi connectivity index (χ2n) is 9.03. The van der Waals surface area contributed by atoms with Gasteiger partial charge in [0.15, 0.2) is 5.11 Å². The number of aryl methyl sites for hydroxylation is 1. The van der Waals surface area contributed by atoms with Gasteiger partial charge in [0.2, 0.25) is 5.95 Å². The highest BCUT2D eigenvalue weighted by Crippen LogP contribution is 2.41. The molecule has 3 N–H and O–H groups in total. The van der Waals surface area contributed by atoms with Crippen LogP contribution >= 0.6 is 58.6 Å². The van der Waals surface area contributed by atoms with Gasteiger partial charge in [-0.3, -0.25) is 0 Å². The molecular formula is C23H28Cl4N6S. The molecule has 0 bridgehead atoms. The molecule has 1 aromatic carbocycles. The Morgan fingerprint density at radius 2 is 1.56 bits per heavy atom. The van der Waals surface area contributed by atoms with E-state index in [0.717, 1.165) is 50.3 Å². The topological polar surface area (TPSA) is 65.1 Å². The van der Waals surface area contributed by atoms with E-state index >= 15 is 0 Å². The molecule has 0 spiro atoms. The Hall–Kier alpha value is -1.25. The van der Waals surface area contributed by atoms with Crippen molar-refractivity contribution < 1.29 is 0 Å². The van der Waals surface area contributed by atoms with E-state index in [-0.39, 0.29) is 16.1 Å². The number of hydrogen-bond acceptors (Lipinski definition) is 5. The van der Waals surface area contributed by atoms with Crippen LogP contribution in [0.25, 0.3) is 0 Å². The fourth-order valence-electron chi connectivity index (χ4n) is 4.59. The van der Waals surface area contributed by atoms with Gasteiger partial charge in [0, 0.05) is 31.7 Å². The van der Waals surface area contributed by atoms with Crippen molar-refractivity contribution in [2.75, 3.05) is 29.6 Å². The predicted molar refractivity (Wildman–Crippen MR) is 149 cm³/mol. The van der Waals surface area contributed by atoms with Crippen LogP contribution in [0.4, 0.5) is 17.5 Å². The van der Waals surface area contributed by atoms with Gasteiger partial charge >= 0.3 is 0 Å². The summed E-state index contributed by atoms with van der Waals surface area (Å²) in [5.74, 6) is 1.78. The lowest BCUT2D eigenvalue weighted by Gasteiger charge is -2.31. The van der Waals surface area contributed by atoms with Crippen LogP contribution in [0.3, 0.4) is 0 Å². The van der Waals surface area contributed by atoms with Crippen molar-refractivity contribution in [1.29, 1.82) is 0 Å². The summed E-state index contributed by atoms with van der Waals surface area (Å²) < 4.78 is 0. The van der Waals surface area contributed by atoms with Crippen LogP contribution in [0, 0.1) is 0 Å². The summed E-state index contributed by atoms with van der Waals surface area (Å²) in [5, 5.41) is 11.6. The summed E-state index contributed by atoms with van der Waals surface area (Å²) in [6.45, 7) is 0. The minimum Gasteiger partial charge on any atom is -0.362 e. The number of nitrogens with zero attached hydrogens (tertiary/aromatic N) is 3. The molecule has 0 saturated heterocycles. The van der Waals surface area contributed by atoms with Gasteiger partial charge in [0.25, 0.3) is 0 Å². The lowest BCUT2D eigenvalue weighted by Crippen LogP contribution is -2.42. The van der Waals surface area contributed by atoms with Gasteiger partial charge in [-0.2, -0.15) is 4.98 Å². The number of anilines is 3. The average molecular weight is 562 g/mol. The zero-order valence-corrected chi connectivity index (χ0v) is 23.0. The molecule has 1 fully saturated rings. The molecule has 2 aliphatic carbocycles. The Bertz CT molecular complexity index is 1050. The fraction of sp³-hybridized carbons (Fsp3) is 0.522. The van der Waals surface area contributed by atoms with Crippen molar-refractivity contribution in [3.05, 3.63) is 37.4 Å². The van der Waals surface area contributed by atoms with Crippen molar-refractivity contribution in [2.45, 2.75) is 63.5 Å². The van der Waals surface area contributed by atoms with E-state index < -0.39 is 0 Å². The molecule has 0 aliphatic heterocycles. The van der Waals surface area contributed by atoms with E-state index in [1.807, 2.05) is 14.1 Å². The van der Waals surface area contributed by atoms with Gasteiger partial charge in [-0.1, -0.05) is 46.4 Å². The maximum Gasteiger partial charge on any atom is 0.225 e. The van der Waals surface area contributed by atoms with Crippen molar-refractivity contribution in [2.24, 2.45) is 0 Å². The zero-order chi connectivity index (χ0) is 24.4. The number of nitrogens with one attached hydrogen (secondary N) is 3. The Morgan fingerprint density at radius 3 is 2.21 bits per heavy atom. The van der Waals surface area contributed by atoms with Gasteiger partial charge in [-0.25, -0.2) is 4.98 Å². The lowest BCUT2D eigenvalue weighted by molar-refractivity contribution is 0.387. The van der Waals surface area contributed by atoms with Crippen LogP contribution in [-0.2, 0) is 12.8 Å². The average Bonchev–Trinajstić information content (AvgIpc) is 2.81. The largest absolute Gasteiger partial charge is 0.362 e. The van der Waals surface area contributed by atoms with E-state index in [2.05, 4.69) is 20.9 Å². The van der Waals surface area contributed by atoms with Gasteiger partial charge in [0.1, 0.15) is 5.82 Å². The highest BCUT2D eigenvalue weighted by molar-refractivity contribution is 7.80. The molecule has 0 amide bonds. The highest BCUT2D eigenvalue weighted by Gasteiger charge is 2.25. The molecule has 1 saturated carbocycles. The van der Waals surface area contributed by atoms with Crippen LogP contribution in [0.2, 0.25) is 20.1 Å². The minimum absolute atomic E-state index is 0.243. The first-order valence-corrected chi connectivity index (χ1v) is 13.4. The van der Waals surface area contributed by atoms with Crippen molar-refractivity contribution in [3.8, 4) is 0 Å². The molecule has 184 valence electrons. The first-order valence-electron chi connectivity index (χ1n) is 11.5. The molecule has 34 heavy (non-hydrogen) atoms. The third-order valence-electron chi connectivity index (χ3n) is 6.33. The van der Waals surface area contributed by atoms with Crippen molar-refractivity contribution in [3.63, 3.8) is 0 Å². The van der Waals surface area contributed by atoms with Gasteiger partial charge in [-0.05, 0) is 69.7 Å². The number of fused-ring (bicyclic) bond motifs is 1. The highest BCUT2D eigenvalue weighted by atomic mass is 35.5. The number of thiocarbonyl (C=S) groups is 1. The van der Waals surface area contributed by atoms with E-state index in [0.29, 0.717) is 26.9 Å². The monoisotopic (exact) mass is 560 g/mol. The van der Waals surface area contributed by atoms with Crippen LogP contribution in [0.15, 0.2) is 6.07 Å². The second kappa shape index (κ2) is 11.2. The molecule has 0 unspecified atom stereocenters. The molecule has 0 radical (unpaired) electrons. The third kappa shape index (κ3) is 5.93. The number of hydrogen-bond donors (Lipinski definition) is 3. The quantitative estimate of drug-likeness (QED) is 0.276. The van der Waals surface area contributed by atoms with Crippen molar-refractivity contribution >= 4 is 81.2 Å². The molecular weight excluding hydrogens is 534 g/mol. The van der Waals surface area contributed by atoms with Gasteiger partial charge < -0.3 is 20.9 Å². The molecule has 2 aliphatic rings. The van der Waals surface area contributed by atoms with Crippen LogP contribution in [0.1, 0.15) is 49.8 Å². The summed E-state index contributed by atoms with van der Waals surface area (Å²) >= 11 is 30.3. The maximum absolute atomic E-state index is 6.28. The summed E-state index contributed by atoms with van der Waals surface area (Å²) in [5.41, 5.74) is 2.91. The molecule has 6 nitrogen and oxygen atoms in total. The van der Waals surface area contributed by atoms with E-state index in [1.165, 1.54) is 30.2 Å². The van der Waals surface area contributed by atoms with E-state index in [9.17, 15) is 0 Å². The second-order valence-corrected chi connectivity index (χ2v) is 11.0. The van der Waals surface area contributed by atoms with Crippen molar-refractivity contribution in [1.82, 2.24) is 15.3 Å². The van der Waals surface area contributed by atoms with Crippen LogP contribution in [0.5, 0.6) is 0 Å². The summed E-state index contributed by atoms with van der Waals surface area (Å²) in [7, 11) is 4.10. The number of rotatable bonds is 5. The molecule has 1 heterocycles. The number of aromatic nitrogens is 2. The Labute approximate surface area is 226 Å². The van der Waals surface area contributed by atoms with Gasteiger partial charge in [0.05, 0.1) is 31.5 Å². The number of benzene rings is 1. The Morgan fingerprint density at radius 1 is 0.941 bits per heavy atom. The van der Waals surface area contributed by atoms with E-state index in [1.54, 1.807) is 0 Å². The van der Waals surface area contributed by atoms with Crippen LogP contribution in [-0.4, -0.2) is 41.3 Å². The lowest BCUT2D eigenvalue weighted by atomic mass is 9.91. The van der Waals surface area contributed by atoms with E-state index in [4.69, 9.17) is 68.6 Å².